The summed E-state index contributed by atoms with van der Waals surface area (Å²) >= 11 is 6.12. The second-order valence-electron chi connectivity index (χ2n) is 25.4. The number of halogens is 8. The Morgan fingerprint density at radius 1 is 0.417 bits per heavy atom. The maximum absolute atomic E-state index is 12.9. The molecule has 0 aliphatic carbocycles. The van der Waals surface area contributed by atoms with Crippen LogP contribution < -0.4 is 10.9 Å². The highest BCUT2D eigenvalue weighted by Crippen LogP contribution is 2.37. The average molecular weight is 1410 g/mol. The number of alkyl halides is 6. The number of carbonyl (C=O) groups is 1. The van der Waals surface area contributed by atoms with Crippen molar-refractivity contribution in [1.82, 2.24) is 19.9 Å². The van der Waals surface area contributed by atoms with Crippen LogP contribution in [0.1, 0.15) is 81.4 Å². The standard InChI is InChI=1S/C12H16BF2NO2.C6H6BF2NO2.C6H4BrF2N.C6H4BrNO.CH4.B53/c1-11(2)12(3,4)18-13(17-11)9-7-16-6-5-8(9)10(14)15;8-6(9)4-1-2-10-3-5(4)7(11)12;7-5-3-10-2-1-4(5)6(8)9;7-6-3-8-2-1-5(6)4-9;;1-28-42(29(2)3)49(43(30(4)5)31(6)7)52(48(40(24)25)41(26)27)53(50(44(32(8)9)33(10)11)45(34(12)13)35(14)15)51(46(36(16)17)37(18)19)47(38(20)21)39(22)23/h5-7,10H,1-4H3;1-3,6,11-12H;1-3,6H;1-4H;1H4;. The number of aromatic nitrogens is 4. The molecule has 9 nitrogen and oxygen atoms in total. The van der Waals surface area contributed by atoms with Crippen molar-refractivity contribution in [3.63, 3.8) is 0 Å². The zero-order valence-electron chi connectivity index (χ0n) is 56.9. The number of hydrogen-bond acceptors (Lipinski definition) is 9. The molecule has 0 saturated carbocycles. The predicted molar refractivity (Wildman–Crippen MR) is 490 cm³/mol. The number of rotatable bonds is 31. The lowest BCUT2D eigenvalue weighted by atomic mass is 8.24. The molecule has 103 heavy (non-hydrogen) atoms. The summed E-state index contributed by atoms with van der Waals surface area (Å²) in [6.07, 6.45) is -28.8. The number of nitrogens with zero attached hydrogens (tertiary/aromatic N) is 4. The van der Waals surface area contributed by atoms with Crippen LogP contribution in [-0.4, -0.2) is 437 Å². The van der Waals surface area contributed by atoms with Gasteiger partial charge in [0.25, 0.3) is 19.3 Å². The van der Waals surface area contributed by atoms with Gasteiger partial charge in [-0.2, -0.15) is 0 Å². The lowest BCUT2D eigenvalue weighted by Gasteiger charge is -2.57. The minimum atomic E-state index is -2.72. The summed E-state index contributed by atoms with van der Waals surface area (Å²) in [5.41, 5.74) is -0.943. The quantitative estimate of drug-likeness (QED) is 0.0288. The van der Waals surface area contributed by atoms with E-state index >= 15 is 0 Å². The molecular formula is C31H34B55Br2F6N4O5. The molecule has 4 aromatic rings. The molecule has 0 aromatic carbocycles. The Bertz CT molecular complexity index is 2860. The van der Waals surface area contributed by atoms with Crippen LogP contribution in [0.2, 0.25) is 0 Å². The Kier molecular flexibility index (Phi) is 49.1. The molecule has 5 rings (SSSR count). The third kappa shape index (κ3) is 30.6. The van der Waals surface area contributed by atoms with Crippen molar-refractivity contribution in [1.29, 1.82) is 0 Å². The Morgan fingerprint density at radius 3 is 0.942 bits per heavy atom. The summed E-state index contributed by atoms with van der Waals surface area (Å²) < 4.78 is 86.6. The van der Waals surface area contributed by atoms with Crippen molar-refractivity contribution >= 4 is 439 Å². The second kappa shape index (κ2) is 49.0. The Morgan fingerprint density at radius 2 is 0.689 bits per heavy atom. The maximum Gasteiger partial charge on any atom is 0.496 e. The monoisotopic (exact) mass is 1420 g/mol. The summed E-state index contributed by atoms with van der Waals surface area (Å²) in [7, 11) is 173. The molecule has 4 aromatic heterocycles. The van der Waals surface area contributed by atoms with E-state index in [2.05, 4.69) is 51.8 Å². The van der Waals surface area contributed by atoms with Crippen LogP contribution in [0.5, 0.6) is 0 Å². The molecule has 55 radical (unpaired) electrons. The number of hydrogen-bond donors (Lipinski definition) is 2. The number of carbonyl (C=O) groups excluding carboxylic acids is 1. The van der Waals surface area contributed by atoms with Gasteiger partial charge in [0.2, 0.25) is 0 Å². The molecule has 0 bridgehead atoms. The van der Waals surface area contributed by atoms with Crippen LogP contribution >= 0.6 is 31.9 Å². The van der Waals surface area contributed by atoms with E-state index in [1.165, 1.54) is 50.2 Å². The smallest absolute Gasteiger partial charge is 0.423 e. The molecule has 1 saturated heterocycles. The summed E-state index contributed by atoms with van der Waals surface area (Å²) in [5, 5.41) is 17.3. The largest absolute Gasteiger partial charge is 0.496 e. The van der Waals surface area contributed by atoms with Crippen molar-refractivity contribution in [2.75, 3.05) is 0 Å². The van der Waals surface area contributed by atoms with E-state index in [4.69, 9.17) is 228 Å². The number of aldehydes is 1. The van der Waals surface area contributed by atoms with Crippen LogP contribution in [0.4, 0.5) is 26.3 Å². The second-order valence-corrected chi connectivity index (χ2v) is 27.1. The summed E-state index contributed by atoms with van der Waals surface area (Å²) in [4.78, 5) is 25.0. The maximum atomic E-state index is 12.9. The van der Waals surface area contributed by atoms with Gasteiger partial charge in [-0.15, -0.1) is 0 Å². The van der Waals surface area contributed by atoms with Gasteiger partial charge in [-0.1, -0.05) is 7.43 Å². The first-order valence-corrected chi connectivity index (χ1v) is 32.9. The molecule has 0 unspecified atom stereocenters. The molecule has 0 atom stereocenters. The van der Waals surface area contributed by atoms with Gasteiger partial charge >= 0.3 is 14.2 Å². The van der Waals surface area contributed by atoms with Gasteiger partial charge in [-0.05, 0) is 83.8 Å². The third-order valence-corrected chi connectivity index (χ3v) is 19.2. The Labute approximate surface area is 674 Å². The van der Waals surface area contributed by atoms with Gasteiger partial charge in [0.1, 0.15) is 0 Å². The van der Waals surface area contributed by atoms with E-state index < -0.39 is 210 Å². The van der Waals surface area contributed by atoms with Crippen molar-refractivity contribution in [2.24, 2.45) is 0 Å². The molecule has 0 spiro atoms. The molecule has 1 aliphatic rings. The first-order valence-electron chi connectivity index (χ1n) is 31.3. The molecule has 429 valence electrons. The van der Waals surface area contributed by atoms with Crippen LogP contribution in [0.25, 0.3) is 0 Å². The van der Waals surface area contributed by atoms with Crippen LogP contribution in [0, 0.1) is 0 Å². The average Bonchev–Trinajstić information content (AvgIpc) is 1.42. The highest BCUT2D eigenvalue weighted by atomic mass is 79.9. The zero-order valence-corrected chi connectivity index (χ0v) is 60.1. The van der Waals surface area contributed by atoms with Crippen LogP contribution in [0.15, 0.2) is 82.8 Å². The van der Waals surface area contributed by atoms with E-state index in [9.17, 15) is 31.1 Å². The number of pyridine rings is 4. The SMILES string of the molecule is C.CC1(C)OB(c2cnccc2C(F)F)OC1(C)C.FC(F)c1ccncc1Br.O=Cc1ccncc1Br.OB(O)c1cnccc1C(F)F.[B][B]B(B([B])[B])B(B(B([B])[B])B([B])[B])B(B(B([B])[B])B([B])[B])B(B(B(B([B])[B])B([B])[B])B(B([B])[B])B([B])[B])B(B(B([B])[B])B([B])[B])B(B([B])[B])B([B])[B]. The van der Waals surface area contributed by atoms with Crippen molar-refractivity contribution < 1.29 is 50.5 Å². The zero-order chi connectivity index (χ0) is 79.1. The fourth-order valence-electron chi connectivity index (χ4n) is 12.6. The highest BCUT2D eigenvalue weighted by molar-refractivity contribution is 9.10. The van der Waals surface area contributed by atoms with Gasteiger partial charge in [0, 0.05) is 467 Å². The van der Waals surface area contributed by atoms with Gasteiger partial charge < -0.3 is 19.4 Å². The van der Waals surface area contributed by atoms with E-state index in [-0.39, 0.29) is 24.0 Å². The Balaban J connectivity index is 0.00000163. The minimum absolute atomic E-state index is 0. The van der Waals surface area contributed by atoms with Gasteiger partial charge in [0.15, 0.2) is 6.29 Å². The minimum Gasteiger partial charge on any atom is -0.423 e. The molecule has 1 fully saturated rings. The van der Waals surface area contributed by atoms with Crippen molar-refractivity contribution in [3.8, 4) is 0 Å². The van der Waals surface area contributed by atoms with Crippen molar-refractivity contribution in [3.05, 3.63) is 105 Å². The predicted octanol–water partition coefficient (Wildman–Crippen LogP) is -13.1. The third-order valence-electron chi connectivity index (χ3n) is 17.9. The molecule has 0 amide bonds. The molecular weight excluding hydrogens is 1380 g/mol. The van der Waals surface area contributed by atoms with Crippen LogP contribution in [0.3, 0.4) is 0 Å². The normalized spacial score (nSPS) is 11.8. The fraction of sp³-hybridized carbons (Fsp3) is 0.323. The molecule has 5 heterocycles. The van der Waals surface area contributed by atoms with E-state index in [1.807, 2.05) is 27.7 Å². The highest BCUT2D eigenvalue weighted by Gasteiger charge is 2.61. The van der Waals surface area contributed by atoms with E-state index in [0.717, 1.165) is 23.0 Å². The first kappa shape index (κ1) is 103. The topological polar surface area (TPSA) is 128 Å². The molecule has 72 heteroatoms. The first-order chi connectivity index (χ1) is 47.1. The summed E-state index contributed by atoms with van der Waals surface area (Å²) in [5.74, 6) is 0. The fourth-order valence-corrected chi connectivity index (χ4v) is 13.4. The summed E-state index contributed by atoms with van der Waals surface area (Å²) in [6.45, 7) is 7.52. The van der Waals surface area contributed by atoms with E-state index in [1.54, 1.807) is 18.5 Å². The van der Waals surface area contributed by atoms with E-state index in [0.29, 0.717) is 15.5 Å². The lowest BCUT2D eigenvalue weighted by molar-refractivity contribution is 0.00578. The van der Waals surface area contributed by atoms with Gasteiger partial charge in [0.05, 0.1) is 11.2 Å². The van der Waals surface area contributed by atoms with Crippen LogP contribution in [-0.2, 0) is 9.31 Å². The molecule has 2 N–H and O–H groups in total. The van der Waals surface area contributed by atoms with Crippen molar-refractivity contribution in [2.45, 2.75) is 65.6 Å². The van der Waals surface area contributed by atoms with Gasteiger partial charge in [-0.25, -0.2) is 26.3 Å². The lowest BCUT2D eigenvalue weighted by Crippen LogP contribution is -2.95. The van der Waals surface area contributed by atoms with Gasteiger partial charge in [-0.3, -0.25) is 24.7 Å². The molecule has 1 aliphatic heterocycles. The summed E-state index contributed by atoms with van der Waals surface area (Å²) in [6, 6.07) is 5.29. The Hall–Kier alpha value is 0.221.